The number of aromatic nitrogens is 1. The highest BCUT2D eigenvalue weighted by Gasteiger charge is 2.51. The number of hydrogen-bond acceptors (Lipinski definition) is 5. The molecule has 1 N–H and O–H groups in total. The van der Waals surface area contributed by atoms with E-state index in [0.717, 1.165) is 11.1 Å². The van der Waals surface area contributed by atoms with Crippen molar-refractivity contribution in [3.63, 3.8) is 0 Å². The molecule has 3 unspecified atom stereocenters. The quantitative estimate of drug-likeness (QED) is 0.630. The number of ketones is 1. The molecule has 35 heavy (non-hydrogen) atoms. The lowest BCUT2D eigenvalue weighted by Gasteiger charge is -2.25. The van der Waals surface area contributed by atoms with Crippen LogP contribution < -0.4 is 5.32 Å². The van der Waals surface area contributed by atoms with Crippen molar-refractivity contribution in [2.75, 3.05) is 19.6 Å². The van der Waals surface area contributed by atoms with Gasteiger partial charge in [-0.25, -0.2) is 0 Å². The molecule has 3 atom stereocenters. The SMILES string of the molecule is Cc1ccc(C(=O)NCCC(C)CC(=O)N2CCC3C2C(=O)CN3C(=O)Cc2cccnc2)cc1. The Morgan fingerprint density at radius 3 is 2.60 bits per heavy atom. The molecule has 8 heteroatoms. The summed E-state index contributed by atoms with van der Waals surface area (Å²) in [6.45, 7) is 4.96. The van der Waals surface area contributed by atoms with Crippen LogP contribution in [0.5, 0.6) is 0 Å². The lowest BCUT2D eigenvalue weighted by molar-refractivity contribution is -0.137. The third kappa shape index (κ3) is 5.75. The second-order valence-corrected chi connectivity index (χ2v) is 9.63. The normalized spacial score (nSPS) is 20.0. The second kappa shape index (κ2) is 10.8. The average Bonchev–Trinajstić information content (AvgIpc) is 3.41. The van der Waals surface area contributed by atoms with Gasteiger partial charge in [-0.2, -0.15) is 0 Å². The van der Waals surface area contributed by atoms with Gasteiger partial charge in [-0.05, 0) is 49.4 Å². The van der Waals surface area contributed by atoms with Gasteiger partial charge in [0, 0.05) is 37.5 Å². The predicted molar refractivity (Wildman–Crippen MR) is 130 cm³/mol. The number of benzene rings is 1. The maximum Gasteiger partial charge on any atom is 0.251 e. The number of nitrogens with zero attached hydrogens (tertiary/aromatic N) is 3. The molecule has 2 fully saturated rings. The van der Waals surface area contributed by atoms with Crippen molar-refractivity contribution in [2.24, 2.45) is 5.92 Å². The molecule has 1 aromatic carbocycles. The number of carbonyl (C=O) groups is 4. The van der Waals surface area contributed by atoms with Gasteiger partial charge >= 0.3 is 0 Å². The molecule has 3 amide bonds. The fourth-order valence-electron chi connectivity index (χ4n) is 4.96. The molecule has 0 radical (unpaired) electrons. The summed E-state index contributed by atoms with van der Waals surface area (Å²) in [7, 11) is 0. The lowest BCUT2D eigenvalue weighted by atomic mass is 10.0. The van der Waals surface area contributed by atoms with Crippen molar-refractivity contribution >= 4 is 23.5 Å². The molecule has 3 heterocycles. The van der Waals surface area contributed by atoms with E-state index in [1.807, 2.05) is 32.0 Å². The van der Waals surface area contributed by atoms with E-state index in [1.54, 1.807) is 40.4 Å². The fraction of sp³-hybridized carbons (Fsp3) is 0.444. The largest absolute Gasteiger partial charge is 0.352 e. The van der Waals surface area contributed by atoms with Gasteiger partial charge in [0.25, 0.3) is 5.91 Å². The van der Waals surface area contributed by atoms with Crippen LogP contribution in [-0.4, -0.2) is 70.0 Å². The van der Waals surface area contributed by atoms with Crippen molar-refractivity contribution in [2.45, 2.75) is 51.6 Å². The zero-order valence-electron chi connectivity index (χ0n) is 20.3. The first kappa shape index (κ1) is 24.6. The van der Waals surface area contributed by atoms with E-state index in [9.17, 15) is 19.2 Å². The minimum atomic E-state index is -0.547. The summed E-state index contributed by atoms with van der Waals surface area (Å²) in [6.07, 6.45) is 5.09. The van der Waals surface area contributed by atoms with Gasteiger partial charge in [0.15, 0.2) is 5.78 Å². The van der Waals surface area contributed by atoms with Gasteiger partial charge < -0.3 is 15.1 Å². The van der Waals surface area contributed by atoms with Crippen molar-refractivity contribution < 1.29 is 19.2 Å². The van der Waals surface area contributed by atoms with Crippen molar-refractivity contribution in [3.8, 4) is 0 Å². The third-order valence-electron chi connectivity index (χ3n) is 6.90. The Morgan fingerprint density at radius 2 is 1.89 bits per heavy atom. The van der Waals surface area contributed by atoms with Gasteiger partial charge in [0.2, 0.25) is 11.8 Å². The van der Waals surface area contributed by atoms with Crippen LogP contribution in [0.25, 0.3) is 0 Å². The van der Waals surface area contributed by atoms with Crippen LogP contribution in [0.1, 0.15) is 47.7 Å². The van der Waals surface area contributed by atoms with Crippen LogP contribution in [-0.2, 0) is 20.8 Å². The number of amides is 3. The van der Waals surface area contributed by atoms with E-state index in [4.69, 9.17) is 0 Å². The summed E-state index contributed by atoms with van der Waals surface area (Å²) in [4.78, 5) is 58.3. The molecule has 2 saturated heterocycles. The van der Waals surface area contributed by atoms with Crippen molar-refractivity contribution in [1.29, 1.82) is 0 Å². The molecular formula is C27H32N4O4. The Labute approximate surface area is 205 Å². The first-order valence-corrected chi connectivity index (χ1v) is 12.2. The summed E-state index contributed by atoms with van der Waals surface area (Å²) >= 11 is 0. The molecule has 184 valence electrons. The van der Waals surface area contributed by atoms with Crippen LogP contribution in [0.15, 0.2) is 48.8 Å². The fourth-order valence-corrected chi connectivity index (χ4v) is 4.96. The zero-order valence-corrected chi connectivity index (χ0v) is 20.3. The summed E-state index contributed by atoms with van der Waals surface area (Å²) in [5, 5.41) is 2.91. The number of carbonyl (C=O) groups excluding carboxylic acids is 4. The van der Waals surface area contributed by atoms with Crippen molar-refractivity contribution in [1.82, 2.24) is 20.1 Å². The summed E-state index contributed by atoms with van der Waals surface area (Å²) in [5.41, 5.74) is 2.52. The van der Waals surface area contributed by atoms with E-state index in [-0.39, 0.29) is 48.4 Å². The molecule has 2 aromatic rings. The number of fused-ring (bicyclic) bond motifs is 1. The minimum Gasteiger partial charge on any atom is -0.352 e. The smallest absolute Gasteiger partial charge is 0.251 e. The molecule has 0 saturated carbocycles. The van der Waals surface area contributed by atoms with Gasteiger partial charge in [0.05, 0.1) is 19.0 Å². The number of Topliss-reactive ketones (excluding diaryl/α,β-unsaturated/α-hetero) is 1. The highest BCUT2D eigenvalue weighted by Crippen LogP contribution is 2.31. The molecule has 4 rings (SSSR count). The van der Waals surface area contributed by atoms with E-state index in [0.29, 0.717) is 37.9 Å². The van der Waals surface area contributed by atoms with Crippen LogP contribution in [0.2, 0.25) is 0 Å². The van der Waals surface area contributed by atoms with Gasteiger partial charge in [-0.3, -0.25) is 24.2 Å². The average molecular weight is 477 g/mol. The Balaban J connectivity index is 1.26. The molecule has 0 spiro atoms. The molecule has 1 aromatic heterocycles. The zero-order chi connectivity index (χ0) is 24.9. The van der Waals surface area contributed by atoms with Crippen LogP contribution in [0.4, 0.5) is 0 Å². The number of pyridine rings is 1. The molecular weight excluding hydrogens is 444 g/mol. The summed E-state index contributed by atoms with van der Waals surface area (Å²) < 4.78 is 0. The van der Waals surface area contributed by atoms with Gasteiger partial charge in [-0.15, -0.1) is 0 Å². The molecule has 2 aliphatic heterocycles. The topological polar surface area (TPSA) is 99.7 Å². The van der Waals surface area contributed by atoms with E-state index >= 15 is 0 Å². The van der Waals surface area contributed by atoms with Gasteiger partial charge in [0.1, 0.15) is 6.04 Å². The third-order valence-corrected chi connectivity index (χ3v) is 6.90. The summed E-state index contributed by atoms with van der Waals surface area (Å²) in [5.74, 6) is -0.313. The predicted octanol–water partition coefficient (Wildman–Crippen LogP) is 2.16. The van der Waals surface area contributed by atoms with Crippen LogP contribution in [0.3, 0.4) is 0 Å². The number of nitrogens with one attached hydrogen (secondary N) is 1. The number of rotatable bonds is 8. The van der Waals surface area contributed by atoms with Crippen LogP contribution in [0, 0.1) is 12.8 Å². The van der Waals surface area contributed by atoms with Gasteiger partial charge in [-0.1, -0.05) is 30.7 Å². The van der Waals surface area contributed by atoms with Crippen LogP contribution >= 0.6 is 0 Å². The van der Waals surface area contributed by atoms with E-state index < -0.39 is 6.04 Å². The molecule has 0 aliphatic carbocycles. The first-order chi connectivity index (χ1) is 16.8. The Hall–Kier alpha value is -3.55. The Morgan fingerprint density at radius 1 is 1.11 bits per heavy atom. The maximum atomic E-state index is 13.0. The number of hydrogen-bond donors (Lipinski definition) is 1. The second-order valence-electron chi connectivity index (χ2n) is 9.63. The first-order valence-electron chi connectivity index (χ1n) is 12.2. The maximum absolute atomic E-state index is 13.0. The molecule has 2 aliphatic rings. The van der Waals surface area contributed by atoms with E-state index in [1.165, 1.54) is 0 Å². The molecule has 0 bridgehead atoms. The number of likely N-dealkylation sites (tertiary alicyclic amines) is 2. The minimum absolute atomic E-state index is 0.0544. The number of aryl methyl sites for hydroxylation is 1. The highest BCUT2D eigenvalue weighted by atomic mass is 16.2. The van der Waals surface area contributed by atoms with Crippen molar-refractivity contribution in [3.05, 3.63) is 65.5 Å². The Kier molecular flexibility index (Phi) is 7.58. The summed E-state index contributed by atoms with van der Waals surface area (Å²) in [6, 6.07) is 10.2. The monoisotopic (exact) mass is 476 g/mol. The molecule has 8 nitrogen and oxygen atoms in total. The lowest BCUT2D eigenvalue weighted by Crippen LogP contribution is -2.44. The van der Waals surface area contributed by atoms with E-state index in [2.05, 4.69) is 10.3 Å². The highest BCUT2D eigenvalue weighted by molar-refractivity contribution is 5.98. The Bertz CT molecular complexity index is 1090. The standard InChI is InChI=1S/C27H32N4O4/c1-18-5-7-21(8-6-18)27(35)29-12-9-19(2)14-24(33)30-13-10-22-26(30)23(32)17-31(22)25(34)15-20-4-3-11-28-16-20/h3-8,11,16,19,22,26H,9-10,12-15,17H2,1-2H3,(H,29,35).